The summed E-state index contributed by atoms with van der Waals surface area (Å²) in [4.78, 5) is 23.6. The Hall–Kier alpha value is -3.17. The molecule has 176 valence electrons. The highest BCUT2D eigenvalue weighted by atomic mass is 32.2. The van der Waals surface area contributed by atoms with Gasteiger partial charge in [-0.15, -0.1) is 0 Å². The number of hydrogen-bond acceptors (Lipinski definition) is 6. The van der Waals surface area contributed by atoms with Crippen LogP contribution in [0.4, 0.5) is 9.52 Å². The third-order valence-electron chi connectivity index (χ3n) is 5.45. The zero-order chi connectivity index (χ0) is 24.1. The van der Waals surface area contributed by atoms with Crippen molar-refractivity contribution in [3.05, 3.63) is 83.9 Å². The number of halogens is 1. The average molecular weight is 498 g/mol. The van der Waals surface area contributed by atoms with Crippen LogP contribution < -0.4 is 4.90 Å². The van der Waals surface area contributed by atoms with E-state index in [0.717, 1.165) is 34.3 Å². The van der Waals surface area contributed by atoms with Crippen molar-refractivity contribution in [1.29, 1.82) is 0 Å². The number of nitrogens with zero attached hydrogens (tertiary/aromatic N) is 3. The predicted octanol–water partition coefficient (Wildman–Crippen LogP) is 5.18. The Balaban J connectivity index is 1.53. The number of aryl methyl sites for hydroxylation is 1. The highest BCUT2D eigenvalue weighted by Crippen LogP contribution is 2.31. The van der Waals surface area contributed by atoms with Crippen LogP contribution in [0.5, 0.6) is 0 Å². The molecule has 0 spiro atoms. The van der Waals surface area contributed by atoms with Gasteiger partial charge in [0, 0.05) is 18.8 Å². The van der Waals surface area contributed by atoms with Gasteiger partial charge in [0.2, 0.25) is 5.91 Å². The van der Waals surface area contributed by atoms with E-state index in [2.05, 4.69) is 23.0 Å². The lowest BCUT2D eigenvalue weighted by Gasteiger charge is -2.20. The van der Waals surface area contributed by atoms with Crippen molar-refractivity contribution in [2.45, 2.75) is 37.6 Å². The number of sulfone groups is 1. The Morgan fingerprint density at radius 3 is 2.47 bits per heavy atom. The minimum Gasteiger partial charge on any atom is -0.284 e. The second kappa shape index (κ2) is 10.4. The molecular weight excluding hydrogens is 473 g/mol. The SMILES string of the molecule is CCc1ccc2nc(N(Cc3ccncc3)C(=O)CCCS(=O)(=O)c3ccc(F)cc3)sc2c1. The molecular formula is C25H24FN3O3S2. The van der Waals surface area contributed by atoms with Crippen molar-refractivity contribution in [2.75, 3.05) is 10.7 Å². The molecule has 0 N–H and O–H groups in total. The maximum atomic E-state index is 13.2. The molecule has 2 aromatic heterocycles. The van der Waals surface area contributed by atoms with Crippen LogP contribution in [0.2, 0.25) is 0 Å². The number of benzene rings is 2. The van der Waals surface area contributed by atoms with E-state index in [1.165, 1.54) is 29.0 Å². The van der Waals surface area contributed by atoms with Crippen LogP contribution in [0.1, 0.15) is 30.9 Å². The highest BCUT2D eigenvalue weighted by molar-refractivity contribution is 7.91. The van der Waals surface area contributed by atoms with Crippen LogP contribution in [-0.2, 0) is 27.6 Å². The van der Waals surface area contributed by atoms with Crippen LogP contribution in [0.15, 0.2) is 71.9 Å². The summed E-state index contributed by atoms with van der Waals surface area (Å²) in [7, 11) is -3.61. The van der Waals surface area contributed by atoms with Gasteiger partial charge in [-0.25, -0.2) is 17.8 Å². The molecule has 0 aliphatic carbocycles. The quantitative estimate of drug-likeness (QED) is 0.298. The Kier molecular flexibility index (Phi) is 7.33. The summed E-state index contributed by atoms with van der Waals surface area (Å²) in [6, 6.07) is 14.5. The number of pyridine rings is 1. The normalized spacial score (nSPS) is 11.6. The van der Waals surface area contributed by atoms with Gasteiger partial charge < -0.3 is 0 Å². The number of aromatic nitrogens is 2. The number of thiazole rings is 1. The fourth-order valence-corrected chi connectivity index (χ4v) is 5.89. The molecule has 0 unspecified atom stereocenters. The van der Waals surface area contributed by atoms with Crippen LogP contribution in [0.3, 0.4) is 0 Å². The number of rotatable bonds is 9. The molecule has 0 aliphatic heterocycles. The molecule has 0 bridgehead atoms. The van der Waals surface area contributed by atoms with Gasteiger partial charge in [-0.05, 0) is 72.5 Å². The van der Waals surface area contributed by atoms with Gasteiger partial charge >= 0.3 is 0 Å². The number of hydrogen-bond donors (Lipinski definition) is 0. The lowest BCUT2D eigenvalue weighted by molar-refractivity contribution is -0.118. The summed E-state index contributed by atoms with van der Waals surface area (Å²) in [5, 5.41) is 0.575. The molecule has 0 radical (unpaired) electrons. The van der Waals surface area contributed by atoms with E-state index in [9.17, 15) is 17.6 Å². The second-order valence-electron chi connectivity index (χ2n) is 7.86. The molecule has 2 aromatic carbocycles. The lowest BCUT2D eigenvalue weighted by Crippen LogP contribution is -2.30. The van der Waals surface area contributed by atoms with Crippen LogP contribution in [-0.4, -0.2) is 30.0 Å². The average Bonchev–Trinajstić information content (AvgIpc) is 3.26. The summed E-state index contributed by atoms with van der Waals surface area (Å²) >= 11 is 1.44. The van der Waals surface area contributed by atoms with E-state index < -0.39 is 15.7 Å². The maximum absolute atomic E-state index is 13.2. The fourth-order valence-electron chi connectivity index (χ4n) is 3.53. The third kappa shape index (κ3) is 5.66. The van der Waals surface area contributed by atoms with Crippen LogP contribution in [0, 0.1) is 5.82 Å². The molecule has 34 heavy (non-hydrogen) atoms. The summed E-state index contributed by atoms with van der Waals surface area (Å²) in [5.74, 6) is -0.906. The molecule has 2 heterocycles. The molecule has 4 rings (SSSR count). The smallest absolute Gasteiger partial charge is 0.229 e. The van der Waals surface area contributed by atoms with Crippen molar-refractivity contribution in [3.8, 4) is 0 Å². The van der Waals surface area contributed by atoms with Gasteiger partial charge in [-0.3, -0.25) is 14.7 Å². The first-order valence-corrected chi connectivity index (χ1v) is 13.4. The fraction of sp³-hybridized carbons (Fsp3) is 0.240. The van der Waals surface area contributed by atoms with Gasteiger partial charge in [0.05, 0.1) is 27.4 Å². The standard InChI is InChI=1S/C25H24FN3O3S2/c1-2-18-5-10-22-23(16-18)33-25(28-22)29(17-19-11-13-27-14-12-19)24(30)4-3-15-34(31,32)21-8-6-20(26)7-9-21/h5-14,16H,2-4,15,17H2,1H3. The molecule has 6 nitrogen and oxygen atoms in total. The first-order chi connectivity index (χ1) is 16.4. The molecule has 0 fully saturated rings. The number of anilines is 1. The molecule has 9 heteroatoms. The molecule has 1 amide bonds. The Morgan fingerprint density at radius 2 is 1.76 bits per heavy atom. The third-order valence-corrected chi connectivity index (χ3v) is 8.31. The Morgan fingerprint density at radius 1 is 1.03 bits per heavy atom. The first kappa shape index (κ1) is 24.0. The highest BCUT2D eigenvalue weighted by Gasteiger charge is 2.22. The second-order valence-corrected chi connectivity index (χ2v) is 11.0. The summed E-state index contributed by atoms with van der Waals surface area (Å²) < 4.78 is 39.3. The van der Waals surface area contributed by atoms with Gasteiger partial charge in [0.15, 0.2) is 15.0 Å². The van der Waals surface area contributed by atoms with Crippen molar-refractivity contribution in [2.24, 2.45) is 0 Å². The topological polar surface area (TPSA) is 80.2 Å². The van der Waals surface area contributed by atoms with Gasteiger partial charge in [0.25, 0.3) is 0 Å². The number of fused-ring (bicyclic) bond motifs is 1. The zero-order valence-corrected chi connectivity index (χ0v) is 20.3. The van der Waals surface area contributed by atoms with E-state index in [4.69, 9.17) is 0 Å². The van der Waals surface area contributed by atoms with E-state index in [-0.39, 0.29) is 29.4 Å². The predicted molar refractivity (Wildman–Crippen MR) is 132 cm³/mol. The molecule has 0 saturated heterocycles. The van der Waals surface area contributed by atoms with Crippen LogP contribution in [0.25, 0.3) is 10.2 Å². The lowest BCUT2D eigenvalue weighted by atomic mass is 10.2. The largest absolute Gasteiger partial charge is 0.284 e. The van der Waals surface area contributed by atoms with E-state index in [1.54, 1.807) is 17.3 Å². The zero-order valence-electron chi connectivity index (χ0n) is 18.6. The van der Waals surface area contributed by atoms with E-state index >= 15 is 0 Å². The molecule has 0 atom stereocenters. The van der Waals surface area contributed by atoms with E-state index in [0.29, 0.717) is 11.7 Å². The Labute approximate surface area is 202 Å². The summed E-state index contributed by atoms with van der Waals surface area (Å²) in [5.41, 5.74) is 2.92. The van der Waals surface area contributed by atoms with E-state index in [1.807, 2.05) is 24.3 Å². The molecule has 0 saturated carbocycles. The Bertz CT molecular complexity index is 1390. The van der Waals surface area contributed by atoms with Crippen molar-refractivity contribution in [1.82, 2.24) is 9.97 Å². The molecule has 0 aliphatic rings. The van der Waals surface area contributed by atoms with Gasteiger partial charge in [-0.2, -0.15) is 0 Å². The number of carbonyl (C=O) groups is 1. The van der Waals surface area contributed by atoms with Crippen LogP contribution >= 0.6 is 11.3 Å². The van der Waals surface area contributed by atoms with Crippen molar-refractivity contribution in [3.63, 3.8) is 0 Å². The van der Waals surface area contributed by atoms with Gasteiger partial charge in [-0.1, -0.05) is 24.3 Å². The minimum atomic E-state index is -3.61. The monoisotopic (exact) mass is 497 g/mol. The van der Waals surface area contributed by atoms with Gasteiger partial charge in [0.1, 0.15) is 5.82 Å². The number of amides is 1. The number of carbonyl (C=O) groups excluding carboxylic acids is 1. The maximum Gasteiger partial charge on any atom is 0.229 e. The van der Waals surface area contributed by atoms with Crippen molar-refractivity contribution >= 4 is 42.4 Å². The first-order valence-electron chi connectivity index (χ1n) is 10.9. The molecule has 4 aromatic rings. The summed E-state index contributed by atoms with van der Waals surface area (Å²) in [6.45, 7) is 2.40. The minimum absolute atomic E-state index is 0.0433. The van der Waals surface area contributed by atoms with Crippen molar-refractivity contribution < 1.29 is 17.6 Å². The summed E-state index contributed by atoms with van der Waals surface area (Å²) in [6.07, 6.45) is 4.43.